The van der Waals surface area contributed by atoms with Gasteiger partial charge in [0.2, 0.25) is 0 Å². The van der Waals surface area contributed by atoms with Gasteiger partial charge in [-0.3, -0.25) is 4.90 Å². The van der Waals surface area contributed by atoms with E-state index < -0.39 is 12.1 Å². The summed E-state index contributed by atoms with van der Waals surface area (Å²) in [7, 11) is 1.28. The van der Waals surface area contributed by atoms with Crippen LogP contribution >= 0.6 is 0 Å². The molecule has 0 spiro atoms. The van der Waals surface area contributed by atoms with Crippen molar-refractivity contribution in [1.29, 1.82) is 0 Å². The molecule has 0 bridgehead atoms. The average Bonchev–Trinajstić information content (AvgIpc) is 2.53. The van der Waals surface area contributed by atoms with Crippen LogP contribution in [0.3, 0.4) is 0 Å². The number of esters is 1. The normalized spacial score (nSPS) is 20.0. The number of aliphatic hydroxyl groups is 1. The summed E-state index contributed by atoms with van der Waals surface area (Å²) in [6.45, 7) is 3.44. The van der Waals surface area contributed by atoms with Gasteiger partial charge in [0.15, 0.2) is 6.10 Å². The predicted octanol–water partition coefficient (Wildman–Crippen LogP) is 2.13. The van der Waals surface area contributed by atoms with E-state index in [-0.39, 0.29) is 17.8 Å². The van der Waals surface area contributed by atoms with Crippen LogP contribution in [-0.4, -0.2) is 42.3 Å². The molecule has 1 aromatic rings. The summed E-state index contributed by atoms with van der Waals surface area (Å²) in [4.78, 5) is 13.5. The Morgan fingerprint density at radius 1 is 1.38 bits per heavy atom. The molecule has 2 atom stereocenters. The zero-order chi connectivity index (χ0) is 15.4. The Kier molecular flexibility index (Phi) is 5.31. The molecular weight excluding hydrogens is 273 g/mol. The smallest absolute Gasteiger partial charge is 0.334 e. The molecule has 0 aliphatic carbocycles. The van der Waals surface area contributed by atoms with Gasteiger partial charge in [-0.2, -0.15) is 0 Å². The minimum absolute atomic E-state index is 0.0116. The minimum Gasteiger partial charge on any atom is -0.467 e. The number of likely N-dealkylation sites (tertiary alicyclic amines) is 1. The highest BCUT2D eigenvalue weighted by Crippen LogP contribution is 2.29. The zero-order valence-corrected chi connectivity index (χ0v) is 12.5. The fourth-order valence-corrected chi connectivity index (χ4v) is 2.95. The number of nitrogens with zero attached hydrogens (tertiary/aromatic N) is 1. The largest absolute Gasteiger partial charge is 0.467 e. The summed E-state index contributed by atoms with van der Waals surface area (Å²) in [5.74, 6) is -0.848. The van der Waals surface area contributed by atoms with Gasteiger partial charge in [-0.15, -0.1) is 0 Å². The molecule has 2 rings (SSSR count). The second kappa shape index (κ2) is 7.00. The molecule has 21 heavy (non-hydrogen) atoms. The molecule has 0 aromatic heterocycles. The first kappa shape index (κ1) is 15.9. The molecule has 1 aliphatic rings. The number of carbonyl (C=O) groups excluding carboxylic acids is 1. The van der Waals surface area contributed by atoms with E-state index in [0.29, 0.717) is 18.4 Å². The standard InChI is InChI=1S/C16H22FNO3/c1-11(13-5-3-4-6-14(13)17)18-9-7-12(8-10-18)15(19)16(20)21-2/h3-6,11-12,15,19H,7-10H2,1-2H3. The molecular formula is C16H22FNO3. The molecule has 1 N–H and O–H groups in total. The molecule has 1 heterocycles. The van der Waals surface area contributed by atoms with Crippen LogP contribution < -0.4 is 0 Å². The number of methoxy groups -OCH3 is 1. The Morgan fingerprint density at radius 3 is 2.57 bits per heavy atom. The van der Waals surface area contributed by atoms with Gasteiger partial charge in [0, 0.05) is 11.6 Å². The third-order valence-electron chi connectivity index (χ3n) is 4.37. The lowest BCUT2D eigenvalue weighted by Gasteiger charge is -2.37. The maximum Gasteiger partial charge on any atom is 0.334 e. The average molecular weight is 295 g/mol. The lowest BCUT2D eigenvalue weighted by atomic mass is 9.90. The van der Waals surface area contributed by atoms with Crippen molar-refractivity contribution >= 4 is 5.97 Å². The third-order valence-corrected chi connectivity index (χ3v) is 4.37. The minimum atomic E-state index is -1.05. The first-order chi connectivity index (χ1) is 10.0. The van der Waals surface area contributed by atoms with Gasteiger partial charge in [-0.05, 0) is 44.8 Å². The van der Waals surface area contributed by atoms with E-state index >= 15 is 0 Å². The van der Waals surface area contributed by atoms with Crippen LogP contribution in [0.2, 0.25) is 0 Å². The number of carbonyl (C=O) groups is 1. The number of aliphatic hydroxyl groups excluding tert-OH is 1. The van der Waals surface area contributed by atoms with Crippen molar-refractivity contribution in [3.8, 4) is 0 Å². The molecule has 1 fully saturated rings. The molecule has 1 aliphatic heterocycles. The van der Waals surface area contributed by atoms with Crippen LogP contribution in [0.1, 0.15) is 31.4 Å². The molecule has 4 nitrogen and oxygen atoms in total. The Balaban J connectivity index is 1.95. The van der Waals surface area contributed by atoms with E-state index in [1.807, 2.05) is 13.0 Å². The van der Waals surface area contributed by atoms with Gasteiger partial charge in [0.25, 0.3) is 0 Å². The Hall–Kier alpha value is -1.46. The van der Waals surface area contributed by atoms with E-state index in [9.17, 15) is 14.3 Å². The second-order valence-corrected chi connectivity index (χ2v) is 5.54. The number of halogens is 1. The number of rotatable bonds is 4. The fourth-order valence-electron chi connectivity index (χ4n) is 2.95. The van der Waals surface area contributed by atoms with Crippen molar-refractivity contribution in [2.45, 2.75) is 31.9 Å². The monoisotopic (exact) mass is 295 g/mol. The summed E-state index contributed by atoms with van der Waals surface area (Å²) < 4.78 is 18.4. The van der Waals surface area contributed by atoms with Crippen LogP contribution in [0.4, 0.5) is 4.39 Å². The quantitative estimate of drug-likeness (QED) is 0.865. The molecule has 1 saturated heterocycles. The molecule has 116 valence electrons. The maximum absolute atomic E-state index is 13.8. The molecule has 2 unspecified atom stereocenters. The SMILES string of the molecule is COC(=O)C(O)C1CCN(C(C)c2ccccc2F)CC1. The zero-order valence-electron chi connectivity index (χ0n) is 12.5. The van der Waals surface area contributed by atoms with Crippen LogP contribution in [0.15, 0.2) is 24.3 Å². The van der Waals surface area contributed by atoms with Crippen LogP contribution in [-0.2, 0) is 9.53 Å². The van der Waals surface area contributed by atoms with Gasteiger partial charge in [0.05, 0.1) is 7.11 Å². The lowest BCUT2D eigenvalue weighted by Crippen LogP contribution is -2.41. The van der Waals surface area contributed by atoms with Gasteiger partial charge in [-0.1, -0.05) is 18.2 Å². The summed E-state index contributed by atoms with van der Waals surface area (Å²) >= 11 is 0. The highest BCUT2D eigenvalue weighted by Gasteiger charge is 2.32. The Bertz CT molecular complexity index is 486. The number of hydrogen-bond donors (Lipinski definition) is 1. The van der Waals surface area contributed by atoms with Crippen molar-refractivity contribution < 1.29 is 19.0 Å². The fraction of sp³-hybridized carbons (Fsp3) is 0.562. The summed E-state index contributed by atoms with van der Waals surface area (Å²) in [6.07, 6.45) is 0.352. The van der Waals surface area contributed by atoms with Crippen molar-refractivity contribution in [3.63, 3.8) is 0 Å². The predicted molar refractivity (Wildman–Crippen MR) is 77.1 cm³/mol. The van der Waals surface area contributed by atoms with E-state index in [1.54, 1.807) is 12.1 Å². The lowest BCUT2D eigenvalue weighted by molar-refractivity contribution is -0.154. The number of piperidine rings is 1. The van der Waals surface area contributed by atoms with Crippen molar-refractivity contribution in [2.24, 2.45) is 5.92 Å². The highest BCUT2D eigenvalue weighted by atomic mass is 19.1. The van der Waals surface area contributed by atoms with Gasteiger partial charge in [-0.25, -0.2) is 9.18 Å². The molecule has 0 amide bonds. The summed E-state index contributed by atoms with van der Waals surface area (Å²) in [5, 5.41) is 9.88. The van der Waals surface area contributed by atoms with Crippen LogP contribution in [0, 0.1) is 11.7 Å². The van der Waals surface area contributed by atoms with E-state index in [1.165, 1.54) is 13.2 Å². The van der Waals surface area contributed by atoms with E-state index in [4.69, 9.17) is 0 Å². The van der Waals surface area contributed by atoms with Crippen LogP contribution in [0.25, 0.3) is 0 Å². The molecule has 0 saturated carbocycles. The summed E-state index contributed by atoms with van der Waals surface area (Å²) in [5.41, 5.74) is 0.685. The summed E-state index contributed by atoms with van der Waals surface area (Å²) in [6, 6.07) is 6.78. The second-order valence-electron chi connectivity index (χ2n) is 5.54. The van der Waals surface area contributed by atoms with Gasteiger partial charge >= 0.3 is 5.97 Å². The first-order valence-corrected chi connectivity index (χ1v) is 7.29. The maximum atomic E-state index is 13.8. The number of benzene rings is 1. The van der Waals surface area contributed by atoms with Crippen molar-refractivity contribution in [3.05, 3.63) is 35.6 Å². The molecule has 5 heteroatoms. The van der Waals surface area contributed by atoms with Crippen molar-refractivity contribution in [1.82, 2.24) is 4.90 Å². The number of hydrogen-bond acceptors (Lipinski definition) is 4. The third kappa shape index (κ3) is 3.60. The van der Waals surface area contributed by atoms with E-state index in [2.05, 4.69) is 9.64 Å². The highest BCUT2D eigenvalue weighted by molar-refractivity contribution is 5.74. The molecule has 1 aromatic carbocycles. The Labute approximate surface area is 124 Å². The van der Waals surface area contributed by atoms with Crippen molar-refractivity contribution in [2.75, 3.05) is 20.2 Å². The first-order valence-electron chi connectivity index (χ1n) is 7.29. The van der Waals surface area contributed by atoms with Crippen LogP contribution in [0.5, 0.6) is 0 Å². The Morgan fingerprint density at radius 2 is 2.00 bits per heavy atom. The number of ether oxygens (including phenoxy) is 1. The topological polar surface area (TPSA) is 49.8 Å². The van der Waals surface area contributed by atoms with Gasteiger partial charge < -0.3 is 9.84 Å². The molecule has 0 radical (unpaired) electrons. The van der Waals surface area contributed by atoms with E-state index in [0.717, 1.165) is 13.1 Å². The van der Waals surface area contributed by atoms with Gasteiger partial charge in [0.1, 0.15) is 5.82 Å².